The molecule has 0 N–H and O–H groups in total. The molecule has 1 aromatic heterocycles. The van der Waals surface area contributed by atoms with Gasteiger partial charge in [0, 0.05) is 25.2 Å². The van der Waals surface area contributed by atoms with E-state index in [4.69, 9.17) is 14.2 Å². The first-order valence-corrected chi connectivity index (χ1v) is 14.8. The normalized spacial score (nSPS) is 38.3. The third kappa shape index (κ3) is 3.98. The van der Waals surface area contributed by atoms with Gasteiger partial charge >= 0.3 is 0 Å². The van der Waals surface area contributed by atoms with Gasteiger partial charge in [-0.3, -0.25) is 4.79 Å². The van der Waals surface area contributed by atoms with E-state index in [1.807, 2.05) is 19.2 Å². The van der Waals surface area contributed by atoms with Crippen LogP contribution < -0.4 is 9.47 Å². The summed E-state index contributed by atoms with van der Waals surface area (Å²) in [6, 6.07) is 3.65. The summed E-state index contributed by atoms with van der Waals surface area (Å²) in [5, 5.41) is 9.26. The molecule has 38 heavy (non-hydrogen) atoms. The Hall–Kier alpha value is -2.15. The van der Waals surface area contributed by atoms with Crippen LogP contribution in [-0.4, -0.2) is 48.7 Å². The van der Waals surface area contributed by atoms with Crippen LogP contribution in [0.25, 0.3) is 11.0 Å². The number of carbonyl (C=O) groups is 1. The molecule has 4 fully saturated rings. The van der Waals surface area contributed by atoms with Gasteiger partial charge in [-0.05, 0) is 91.8 Å². The zero-order chi connectivity index (χ0) is 26.7. The summed E-state index contributed by atoms with van der Waals surface area (Å²) in [5.41, 5.74) is 1.79. The summed E-state index contributed by atoms with van der Waals surface area (Å²) in [6.07, 6.45) is 11.3. The number of hydrogen-bond donors (Lipinski definition) is 0. The average Bonchev–Trinajstić information content (AvgIpc) is 3.48. The number of Topliss-reactive ketones (excluding diaryl/α,β-unsaturated/α-hetero) is 1. The molecule has 4 aliphatic carbocycles. The standard InChI is InChI=1S/C31H45N3O4/c1-19-10-13-31(18-36-3)20(14-19)6-7-22-23-8-9-25(30(23,2)12-11-24(22)31)27(35)17-34-32-26-15-21(37-4)16-28(38-5)29(26)33-34/h15-16,19-20,22-25H,6-14,17-18H2,1-5H3. The fourth-order valence-electron chi connectivity index (χ4n) is 9.94. The Balaban J connectivity index is 1.22. The molecule has 7 heteroatoms. The van der Waals surface area contributed by atoms with Crippen molar-refractivity contribution in [3.05, 3.63) is 12.1 Å². The predicted molar refractivity (Wildman–Crippen MR) is 146 cm³/mol. The molecule has 8 atom stereocenters. The molecule has 4 saturated carbocycles. The second-order valence-electron chi connectivity index (χ2n) is 13.3. The van der Waals surface area contributed by atoms with Gasteiger partial charge < -0.3 is 14.2 Å². The SMILES string of the molecule is COCC12CCC(C)CC1CCC1C3CCC(C(=O)Cn4nc5cc(OC)cc(OC)c5n4)C3(C)CCC12. The lowest BCUT2D eigenvalue weighted by molar-refractivity contribution is -0.154. The van der Waals surface area contributed by atoms with Crippen LogP contribution in [0.1, 0.15) is 71.6 Å². The molecule has 6 rings (SSSR count). The van der Waals surface area contributed by atoms with Crippen LogP contribution in [0.15, 0.2) is 12.1 Å². The van der Waals surface area contributed by atoms with E-state index < -0.39 is 0 Å². The molecular weight excluding hydrogens is 478 g/mol. The predicted octanol–water partition coefficient (Wildman–Crippen LogP) is 5.94. The minimum absolute atomic E-state index is 0.0782. The number of fused-ring (bicyclic) bond motifs is 6. The number of benzene rings is 1. The lowest BCUT2D eigenvalue weighted by Crippen LogP contribution is -2.56. The number of rotatable bonds is 7. The lowest BCUT2D eigenvalue weighted by atomic mass is 9.44. The van der Waals surface area contributed by atoms with Gasteiger partial charge in [0.05, 0.1) is 20.8 Å². The molecule has 0 aliphatic heterocycles. The third-order valence-electron chi connectivity index (χ3n) is 11.6. The molecule has 0 bridgehead atoms. The third-order valence-corrected chi connectivity index (χ3v) is 11.6. The Kier molecular flexibility index (Phi) is 6.73. The maximum atomic E-state index is 13.8. The highest BCUT2D eigenvalue weighted by Gasteiger charge is 2.62. The molecule has 1 aromatic carbocycles. The van der Waals surface area contributed by atoms with Crippen LogP contribution in [0, 0.1) is 46.3 Å². The van der Waals surface area contributed by atoms with E-state index in [1.165, 1.54) is 44.9 Å². The molecule has 8 unspecified atom stereocenters. The summed E-state index contributed by atoms with van der Waals surface area (Å²) in [4.78, 5) is 15.4. The molecule has 0 amide bonds. The van der Waals surface area contributed by atoms with Crippen LogP contribution in [0.3, 0.4) is 0 Å². The van der Waals surface area contributed by atoms with Crippen LogP contribution in [0.5, 0.6) is 11.5 Å². The van der Waals surface area contributed by atoms with Gasteiger partial charge in [0.2, 0.25) is 0 Å². The highest BCUT2D eigenvalue weighted by atomic mass is 16.5. The van der Waals surface area contributed by atoms with Crippen molar-refractivity contribution in [1.29, 1.82) is 0 Å². The fraction of sp³-hybridized carbons (Fsp3) is 0.774. The van der Waals surface area contributed by atoms with Crippen molar-refractivity contribution in [2.75, 3.05) is 27.9 Å². The molecule has 1 heterocycles. The highest BCUT2D eigenvalue weighted by molar-refractivity contribution is 5.84. The van der Waals surface area contributed by atoms with Gasteiger partial charge in [0.25, 0.3) is 0 Å². The number of methoxy groups -OCH3 is 3. The van der Waals surface area contributed by atoms with Gasteiger partial charge in [0.1, 0.15) is 17.8 Å². The molecule has 2 aromatic rings. The Morgan fingerprint density at radius 3 is 2.61 bits per heavy atom. The smallest absolute Gasteiger partial charge is 0.159 e. The number of carbonyl (C=O) groups excluding carboxylic acids is 1. The Morgan fingerprint density at radius 1 is 1.00 bits per heavy atom. The summed E-state index contributed by atoms with van der Waals surface area (Å²) in [7, 11) is 5.15. The topological polar surface area (TPSA) is 75.5 Å². The number of nitrogens with zero attached hydrogens (tertiary/aromatic N) is 3. The molecule has 0 saturated heterocycles. The van der Waals surface area contributed by atoms with Crippen LogP contribution in [-0.2, 0) is 16.1 Å². The maximum Gasteiger partial charge on any atom is 0.159 e. The minimum Gasteiger partial charge on any atom is -0.497 e. The summed E-state index contributed by atoms with van der Waals surface area (Å²) >= 11 is 0. The molecule has 0 spiro atoms. The van der Waals surface area contributed by atoms with E-state index in [1.54, 1.807) is 19.0 Å². The van der Waals surface area contributed by atoms with E-state index in [2.05, 4.69) is 24.0 Å². The number of aromatic nitrogens is 3. The van der Waals surface area contributed by atoms with Crippen molar-refractivity contribution in [1.82, 2.24) is 15.0 Å². The van der Waals surface area contributed by atoms with Crippen molar-refractivity contribution in [2.24, 2.45) is 46.3 Å². The van der Waals surface area contributed by atoms with Gasteiger partial charge in [-0.15, -0.1) is 5.10 Å². The van der Waals surface area contributed by atoms with Gasteiger partial charge in [-0.2, -0.15) is 9.90 Å². The van der Waals surface area contributed by atoms with Gasteiger partial charge in [0.15, 0.2) is 17.0 Å². The van der Waals surface area contributed by atoms with Crippen molar-refractivity contribution in [3.63, 3.8) is 0 Å². The van der Waals surface area contributed by atoms with Gasteiger partial charge in [-0.25, -0.2) is 0 Å². The first kappa shape index (κ1) is 26.1. The Labute approximate surface area is 227 Å². The first-order valence-electron chi connectivity index (χ1n) is 14.8. The Morgan fingerprint density at radius 2 is 1.84 bits per heavy atom. The monoisotopic (exact) mass is 523 g/mol. The maximum absolute atomic E-state index is 13.8. The molecule has 208 valence electrons. The Bertz CT molecular complexity index is 1200. The van der Waals surface area contributed by atoms with E-state index in [0.29, 0.717) is 33.9 Å². The van der Waals surface area contributed by atoms with Crippen molar-refractivity contribution < 1.29 is 19.0 Å². The zero-order valence-corrected chi connectivity index (χ0v) is 23.9. The second kappa shape index (κ2) is 9.79. The zero-order valence-electron chi connectivity index (χ0n) is 23.9. The summed E-state index contributed by atoms with van der Waals surface area (Å²) in [6.45, 7) is 6.01. The number of hydrogen-bond acceptors (Lipinski definition) is 6. The minimum atomic E-state index is 0.0782. The lowest BCUT2D eigenvalue weighted by Gasteiger charge is -2.61. The highest BCUT2D eigenvalue weighted by Crippen LogP contribution is 2.68. The molecule has 7 nitrogen and oxygen atoms in total. The van der Waals surface area contributed by atoms with Crippen molar-refractivity contribution in [3.8, 4) is 11.5 Å². The number of ketones is 1. The van der Waals surface area contributed by atoms with Crippen molar-refractivity contribution >= 4 is 16.8 Å². The second-order valence-corrected chi connectivity index (χ2v) is 13.3. The molecule has 0 radical (unpaired) electrons. The first-order chi connectivity index (χ1) is 18.3. The van der Waals surface area contributed by atoms with Gasteiger partial charge in [-0.1, -0.05) is 20.3 Å². The summed E-state index contributed by atoms with van der Waals surface area (Å²) in [5.74, 6) is 5.43. The van der Waals surface area contributed by atoms with Crippen LogP contribution >= 0.6 is 0 Å². The van der Waals surface area contributed by atoms with E-state index in [9.17, 15) is 4.79 Å². The van der Waals surface area contributed by atoms with Crippen molar-refractivity contribution in [2.45, 2.75) is 78.2 Å². The number of ether oxygens (including phenoxy) is 3. The van der Waals surface area contributed by atoms with Crippen LogP contribution in [0.2, 0.25) is 0 Å². The van der Waals surface area contributed by atoms with E-state index in [0.717, 1.165) is 43.1 Å². The quantitative estimate of drug-likeness (QED) is 0.447. The largest absolute Gasteiger partial charge is 0.497 e. The average molecular weight is 524 g/mol. The van der Waals surface area contributed by atoms with E-state index >= 15 is 0 Å². The van der Waals surface area contributed by atoms with Crippen LogP contribution in [0.4, 0.5) is 0 Å². The molecule has 4 aliphatic rings. The fourth-order valence-corrected chi connectivity index (χ4v) is 9.94. The summed E-state index contributed by atoms with van der Waals surface area (Å²) < 4.78 is 16.8. The van der Waals surface area contributed by atoms with E-state index in [-0.39, 0.29) is 23.7 Å². The molecular formula is C31H45N3O4.